The Hall–Kier alpha value is -0.420. The number of nitrogens with zero attached hydrogens (tertiary/aromatic N) is 1. The Balaban J connectivity index is 1.93. The fourth-order valence-electron chi connectivity index (χ4n) is 3.22. The van der Waals surface area contributed by atoms with Crippen LogP contribution >= 0.6 is 11.3 Å². The van der Waals surface area contributed by atoms with Crippen molar-refractivity contribution in [2.45, 2.75) is 39.2 Å². The normalized spacial score (nSPS) is 24.1. The minimum Gasteiger partial charge on any atom is -0.396 e. The van der Waals surface area contributed by atoms with E-state index in [9.17, 15) is 5.11 Å². The Morgan fingerprint density at radius 2 is 2.35 bits per heavy atom. The summed E-state index contributed by atoms with van der Waals surface area (Å²) in [6.07, 6.45) is 4.45. The van der Waals surface area contributed by atoms with Crippen LogP contribution < -0.4 is 0 Å². The molecule has 1 saturated heterocycles. The van der Waals surface area contributed by atoms with Crippen molar-refractivity contribution in [1.82, 2.24) is 4.90 Å². The molecule has 1 aliphatic heterocycles. The third-order valence-electron chi connectivity index (χ3n) is 4.47. The molecular formula is C16H27NO2S. The lowest BCUT2D eigenvalue weighted by molar-refractivity contribution is 0.0162. The molecule has 1 atom stereocenters. The molecule has 20 heavy (non-hydrogen) atoms. The molecule has 0 aromatic carbocycles. The summed E-state index contributed by atoms with van der Waals surface area (Å²) < 4.78 is 5.16. The van der Waals surface area contributed by atoms with Crippen molar-refractivity contribution in [2.24, 2.45) is 5.41 Å². The fourth-order valence-corrected chi connectivity index (χ4v) is 4.17. The van der Waals surface area contributed by atoms with Gasteiger partial charge in [0.05, 0.1) is 0 Å². The van der Waals surface area contributed by atoms with Crippen LogP contribution in [0.5, 0.6) is 0 Å². The quantitative estimate of drug-likeness (QED) is 0.785. The maximum atomic E-state index is 9.87. The molecule has 4 heteroatoms. The number of likely N-dealkylation sites (tertiary alicyclic amines) is 1. The van der Waals surface area contributed by atoms with Crippen molar-refractivity contribution in [1.29, 1.82) is 0 Å². The van der Waals surface area contributed by atoms with Gasteiger partial charge < -0.3 is 9.84 Å². The Morgan fingerprint density at radius 1 is 1.50 bits per heavy atom. The first-order valence-corrected chi connectivity index (χ1v) is 8.42. The van der Waals surface area contributed by atoms with Crippen LogP contribution in [0.3, 0.4) is 0 Å². The van der Waals surface area contributed by atoms with Crippen LogP contribution in [0.2, 0.25) is 0 Å². The molecule has 1 N–H and O–H groups in total. The highest BCUT2D eigenvalue weighted by Gasteiger charge is 2.34. The highest BCUT2D eigenvalue weighted by molar-refractivity contribution is 7.10. The highest BCUT2D eigenvalue weighted by atomic mass is 32.1. The van der Waals surface area contributed by atoms with Crippen molar-refractivity contribution in [3.05, 3.63) is 21.9 Å². The SMILES string of the molecule is COCCCC1(CO)CCCN(Cc2sccc2C)C1. The second-order valence-corrected chi connectivity index (χ2v) is 7.10. The number of hydrogen-bond acceptors (Lipinski definition) is 4. The van der Waals surface area contributed by atoms with Crippen molar-refractivity contribution in [3.63, 3.8) is 0 Å². The Bertz CT molecular complexity index is 407. The van der Waals surface area contributed by atoms with Crippen molar-refractivity contribution >= 4 is 11.3 Å². The first-order valence-electron chi connectivity index (χ1n) is 7.54. The van der Waals surface area contributed by atoms with Gasteiger partial charge in [0.25, 0.3) is 0 Å². The van der Waals surface area contributed by atoms with E-state index in [1.54, 1.807) is 7.11 Å². The molecule has 1 aromatic rings. The largest absolute Gasteiger partial charge is 0.396 e. The Labute approximate surface area is 126 Å². The lowest BCUT2D eigenvalue weighted by atomic mass is 9.77. The van der Waals surface area contributed by atoms with E-state index in [1.807, 2.05) is 11.3 Å². The van der Waals surface area contributed by atoms with E-state index in [1.165, 1.54) is 16.9 Å². The number of thiophene rings is 1. The number of aliphatic hydroxyl groups excluding tert-OH is 1. The topological polar surface area (TPSA) is 32.7 Å². The van der Waals surface area contributed by atoms with E-state index in [0.29, 0.717) is 6.61 Å². The summed E-state index contributed by atoms with van der Waals surface area (Å²) in [5.74, 6) is 0. The van der Waals surface area contributed by atoms with Gasteiger partial charge in [-0.3, -0.25) is 4.90 Å². The van der Waals surface area contributed by atoms with E-state index in [-0.39, 0.29) is 5.41 Å². The second kappa shape index (κ2) is 7.55. The van der Waals surface area contributed by atoms with Gasteiger partial charge in [-0.15, -0.1) is 11.3 Å². The summed E-state index contributed by atoms with van der Waals surface area (Å²) in [4.78, 5) is 3.99. The third-order valence-corrected chi connectivity index (χ3v) is 5.47. The van der Waals surface area contributed by atoms with Gasteiger partial charge in [-0.05, 0) is 56.2 Å². The van der Waals surface area contributed by atoms with Crippen LogP contribution in [-0.4, -0.2) is 43.4 Å². The monoisotopic (exact) mass is 297 g/mol. The van der Waals surface area contributed by atoms with Gasteiger partial charge in [0.1, 0.15) is 0 Å². The van der Waals surface area contributed by atoms with Crippen LogP contribution in [0.1, 0.15) is 36.1 Å². The maximum absolute atomic E-state index is 9.87. The number of ether oxygens (including phenoxy) is 1. The summed E-state index contributed by atoms with van der Waals surface area (Å²) in [5.41, 5.74) is 1.48. The fraction of sp³-hybridized carbons (Fsp3) is 0.750. The molecule has 1 unspecified atom stereocenters. The van der Waals surface area contributed by atoms with E-state index >= 15 is 0 Å². The van der Waals surface area contributed by atoms with Gasteiger partial charge in [0.2, 0.25) is 0 Å². The van der Waals surface area contributed by atoms with Gasteiger partial charge in [-0.1, -0.05) is 0 Å². The number of aliphatic hydroxyl groups is 1. The highest BCUT2D eigenvalue weighted by Crippen LogP contribution is 2.35. The second-order valence-electron chi connectivity index (χ2n) is 6.10. The molecule has 3 nitrogen and oxygen atoms in total. The molecule has 2 rings (SSSR count). The zero-order chi connectivity index (χ0) is 14.4. The van der Waals surface area contributed by atoms with Crippen LogP contribution in [-0.2, 0) is 11.3 Å². The van der Waals surface area contributed by atoms with Crippen molar-refractivity contribution in [2.75, 3.05) is 33.4 Å². The van der Waals surface area contributed by atoms with Crippen LogP contribution in [0.15, 0.2) is 11.4 Å². The molecule has 0 saturated carbocycles. The van der Waals surface area contributed by atoms with Gasteiger partial charge >= 0.3 is 0 Å². The van der Waals surface area contributed by atoms with E-state index in [0.717, 1.165) is 45.5 Å². The molecular weight excluding hydrogens is 270 g/mol. The molecule has 0 bridgehead atoms. The van der Waals surface area contributed by atoms with Crippen LogP contribution in [0.25, 0.3) is 0 Å². The summed E-state index contributed by atoms with van der Waals surface area (Å²) in [5, 5.41) is 12.0. The predicted octanol–water partition coefficient (Wildman–Crippen LogP) is 3.06. The van der Waals surface area contributed by atoms with Crippen LogP contribution in [0, 0.1) is 12.3 Å². The summed E-state index contributed by atoms with van der Waals surface area (Å²) in [6, 6.07) is 2.20. The lowest BCUT2D eigenvalue weighted by Crippen LogP contribution is -2.45. The van der Waals surface area contributed by atoms with Crippen molar-refractivity contribution in [3.8, 4) is 0 Å². The average molecular weight is 297 g/mol. The molecule has 114 valence electrons. The molecule has 1 fully saturated rings. The molecule has 1 aliphatic rings. The molecule has 1 aromatic heterocycles. The number of rotatable bonds is 7. The maximum Gasteiger partial charge on any atom is 0.0499 e. The first-order chi connectivity index (χ1) is 9.69. The number of aryl methyl sites for hydroxylation is 1. The summed E-state index contributed by atoms with van der Waals surface area (Å²) in [7, 11) is 1.75. The van der Waals surface area contributed by atoms with Crippen LogP contribution in [0.4, 0.5) is 0 Å². The number of methoxy groups -OCH3 is 1. The molecule has 2 heterocycles. The van der Waals surface area contributed by atoms with E-state index in [4.69, 9.17) is 4.74 Å². The predicted molar refractivity (Wildman–Crippen MR) is 84.2 cm³/mol. The Morgan fingerprint density at radius 3 is 3.00 bits per heavy atom. The summed E-state index contributed by atoms with van der Waals surface area (Å²) >= 11 is 1.85. The number of piperidine rings is 1. The zero-order valence-electron chi connectivity index (χ0n) is 12.7. The summed E-state index contributed by atoms with van der Waals surface area (Å²) in [6.45, 7) is 6.50. The third kappa shape index (κ3) is 4.04. The van der Waals surface area contributed by atoms with Gasteiger partial charge in [-0.2, -0.15) is 0 Å². The molecule has 0 aliphatic carbocycles. The lowest BCUT2D eigenvalue weighted by Gasteiger charge is -2.42. The smallest absolute Gasteiger partial charge is 0.0499 e. The molecule has 0 amide bonds. The van der Waals surface area contributed by atoms with Gasteiger partial charge in [0, 0.05) is 43.7 Å². The van der Waals surface area contributed by atoms with E-state index < -0.39 is 0 Å². The minimum absolute atomic E-state index is 0.0853. The first kappa shape index (κ1) is 16.0. The molecule has 0 spiro atoms. The Kier molecular flexibility index (Phi) is 6.02. The average Bonchev–Trinajstić information content (AvgIpc) is 2.85. The van der Waals surface area contributed by atoms with Gasteiger partial charge in [0.15, 0.2) is 0 Å². The number of hydrogen-bond donors (Lipinski definition) is 1. The standard InChI is InChI=1S/C16H27NO2S/c1-14-5-10-20-15(14)11-17-8-3-6-16(12-17,13-18)7-4-9-19-2/h5,10,18H,3-4,6-9,11-13H2,1-2H3. The van der Waals surface area contributed by atoms with Crippen molar-refractivity contribution < 1.29 is 9.84 Å². The minimum atomic E-state index is 0.0853. The van der Waals surface area contributed by atoms with Gasteiger partial charge in [-0.25, -0.2) is 0 Å². The van der Waals surface area contributed by atoms with E-state index in [2.05, 4.69) is 23.3 Å². The zero-order valence-corrected chi connectivity index (χ0v) is 13.5. The molecule has 0 radical (unpaired) electrons.